The molecule has 2 aromatic rings. The van der Waals surface area contributed by atoms with Crippen LogP contribution in [0.3, 0.4) is 0 Å². The number of ether oxygens (including phenoxy) is 2. The Balaban J connectivity index is 2.10. The summed E-state index contributed by atoms with van der Waals surface area (Å²) in [6, 6.07) is 16.1. The molecule has 214 valence electrons. The highest BCUT2D eigenvalue weighted by molar-refractivity contribution is 5.71. The van der Waals surface area contributed by atoms with E-state index in [0.29, 0.717) is 6.42 Å². The zero-order chi connectivity index (χ0) is 29.2. The van der Waals surface area contributed by atoms with E-state index in [0.717, 1.165) is 16.9 Å². The normalized spacial score (nSPS) is 15.3. The van der Waals surface area contributed by atoms with Gasteiger partial charge in [-0.3, -0.25) is 4.79 Å². The fourth-order valence-corrected chi connectivity index (χ4v) is 3.97. The number of benzene rings is 2. The minimum Gasteiger partial charge on any atom is -0.488 e. The Labute approximate surface area is 231 Å². The number of carboxylic acid groups (broad SMARTS) is 1. The van der Waals surface area contributed by atoms with E-state index in [1.54, 1.807) is 32.9 Å². The molecule has 0 aliphatic carbocycles. The zero-order valence-corrected chi connectivity index (χ0v) is 23.8. The average molecular weight is 542 g/mol. The minimum atomic E-state index is -1.30. The van der Waals surface area contributed by atoms with Crippen molar-refractivity contribution >= 4 is 12.1 Å². The lowest BCUT2D eigenvalue weighted by molar-refractivity contribution is -0.144. The third-order valence-corrected chi connectivity index (χ3v) is 5.63. The first-order valence-corrected chi connectivity index (χ1v) is 13.2. The van der Waals surface area contributed by atoms with Gasteiger partial charge in [-0.25, -0.2) is 4.79 Å². The number of carbonyl (C=O) groups excluding carboxylic acids is 1. The molecule has 2 rings (SSSR count). The maximum absolute atomic E-state index is 12.5. The van der Waals surface area contributed by atoms with Crippen LogP contribution >= 0.6 is 0 Å². The smallest absolute Gasteiger partial charge is 0.407 e. The Bertz CT molecular complexity index is 1070. The number of hydrogen-bond donors (Lipinski definition) is 4. The highest BCUT2D eigenvalue weighted by Crippen LogP contribution is 2.20. The maximum atomic E-state index is 12.5. The molecule has 39 heavy (non-hydrogen) atoms. The van der Waals surface area contributed by atoms with Crippen LogP contribution in [0.5, 0.6) is 5.75 Å². The van der Waals surface area contributed by atoms with Crippen molar-refractivity contribution in [3.05, 3.63) is 77.9 Å². The molecule has 0 spiro atoms. The van der Waals surface area contributed by atoms with E-state index in [-0.39, 0.29) is 18.4 Å². The van der Waals surface area contributed by atoms with E-state index in [2.05, 4.69) is 5.32 Å². The summed E-state index contributed by atoms with van der Waals surface area (Å²) in [6.07, 6.45) is 0.401. The van der Waals surface area contributed by atoms with Gasteiger partial charge < -0.3 is 30.1 Å². The van der Waals surface area contributed by atoms with E-state index in [1.165, 1.54) is 12.2 Å². The quantitative estimate of drug-likeness (QED) is 0.281. The standard InChI is InChI=1S/C31H43NO7/c1-30(2,3)38-25-15-12-22(13-16-25)18-23(32-29(37)39-31(4,5)6)20-24(33)14-17-27(34)26(28(35)36)19-21-10-8-7-9-11-21/h7-17,23-24,26-27,33-34H,18-20H2,1-6H3,(H,32,37)(H,35,36). The van der Waals surface area contributed by atoms with Gasteiger partial charge in [0.25, 0.3) is 0 Å². The Kier molecular flexibility index (Phi) is 11.6. The van der Waals surface area contributed by atoms with Crippen molar-refractivity contribution < 1.29 is 34.4 Å². The molecule has 0 heterocycles. The number of nitrogens with one attached hydrogen (secondary N) is 1. The van der Waals surface area contributed by atoms with E-state index in [9.17, 15) is 24.9 Å². The summed E-state index contributed by atoms with van der Waals surface area (Å²) in [4.78, 5) is 24.3. The zero-order valence-electron chi connectivity index (χ0n) is 23.8. The lowest BCUT2D eigenvalue weighted by Crippen LogP contribution is -2.41. The molecule has 0 aromatic heterocycles. The molecule has 1 amide bonds. The molecule has 2 aromatic carbocycles. The fourth-order valence-electron chi connectivity index (χ4n) is 3.97. The van der Waals surface area contributed by atoms with E-state index in [1.807, 2.05) is 63.2 Å². The molecule has 4 atom stereocenters. The third kappa shape index (κ3) is 12.8. The first kappa shape index (κ1) is 31.9. The molecule has 0 aliphatic heterocycles. The first-order valence-electron chi connectivity index (χ1n) is 13.2. The number of aliphatic hydroxyl groups excluding tert-OH is 2. The van der Waals surface area contributed by atoms with Crippen LogP contribution < -0.4 is 10.1 Å². The highest BCUT2D eigenvalue weighted by Gasteiger charge is 2.26. The van der Waals surface area contributed by atoms with Crippen molar-refractivity contribution in [2.45, 2.75) is 90.3 Å². The number of amides is 1. The van der Waals surface area contributed by atoms with Gasteiger partial charge >= 0.3 is 12.1 Å². The van der Waals surface area contributed by atoms with Gasteiger partial charge in [-0.15, -0.1) is 0 Å². The summed E-state index contributed by atoms with van der Waals surface area (Å²) in [5, 5.41) is 33.7. The number of hydrogen-bond acceptors (Lipinski definition) is 6. The van der Waals surface area contributed by atoms with E-state index < -0.39 is 41.8 Å². The van der Waals surface area contributed by atoms with Crippen LogP contribution in [0.25, 0.3) is 0 Å². The second-order valence-corrected chi connectivity index (χ2v) is 11.7. The third-order valence-electron chi connectivity index (χ3n) is 5.63. The topological polar surface area (TPSA) is 125 Å². The lowest BCUT2D eigenvalue weighted by atomic mass is 9.93. The van der Waals surface area contributed by atoms with Gasteiger partial charge in [0.1, 0.15) is 17.0 Å². The summed E-state index contributed by atoms with van der Waals surface area (Å²) >= 11 is 0. The molecule has 0 saturated heterocycles. The number of rotatable bonds is 12. The second kappa shape index (κ2) is 14.1. The van der Waals surface area contributed by atoms with Crippen molar-refractivity contribution in [1.82, 2.24) is 5.32 Å². The molecule has 4 N–H and O–H groups in total. The molecule has 8 nitrogen and oxygen atoms in total. The van der Waals surface area contributed by atoms with Gasteiger partial charge in [-0.2, -0.15) is 0 Å². The molecule has 0 radical (unpaired) electrons. The summed E-state index contributed by atoms with van der Waals surface area (Å²) in [5.41, 5.74) is 0.693. The van der Waals surface area contributed by atoms with Gasteiger partial charge in [-0.05, 0) is 84.1 Å². The van der Waals surface area contributed by atoms with Crippen LogP contribution in [0, 0.1) is 5.92 Å². The Hall–Kier alpha value is -3.36. The molecule has 0 saturated carbocycles. The molecule has 0 fully saturated rings. The van der Waals surface area contributed by atoms with Crippen molar-refractivity contribution in [2.24, 2.45) is 5.92 Å². The van der Waals surface area contributed by atoms with Crippen LogP contribution in [-0.2, 0) is 22.4 Å². The predicted octanol–water partition coefficient (Wildman–Crippen LogP) is 4.91. The largest absolute Gasteiger partial charge is 0.488 e. The van der Waals surface area contributed by atoms with Crippen molar-refractivity contribution in [2.75, 3.05) is 0 Å². The SMILES string of the molecule is CC(C)(C)OC(=O)NC(Cc1ccc(OC(C)(C)C)cc1)CC(O)C=CC(O)C(Cc1ccccc1)C(=O)O. The monoisotopic (exact) mass is 541 g/mol. The van der Waals surface area contributed by atoms with Crippen LogP contribution in [-0.4, -0.2) is 56.8 Å². The predicted molar refractivity (Wildman–Crippen MR) is 151 cm³/mol. The number of aliphatic hydroxyl groups is 2. The average Bonchev–Trinajstić information content (AvgIpc) is 2.80. The van der Waals surface area contributed by atoms with Gasteiger partial charge in [0.2, 0.25) is 0 Å². The lowest BCUT2D eigenvalue weighted by Gasteiger charge is -2.25. The minimum absolute atomic E-state index is 0.124. The maximum Gasteiger partial charge on any atom is 0.407 e. The Morgan fingerprint density at radius 1 is 0.846 bits per heavy atom. The first-order chi connectivity index (χ1) is 18.1. The molecular weight excluding hydrogens is 498 g/mol. The van der Waals surface area contributed by atoms with Gasteiger partial charge in [0, 0.05) is 6.04 Å². The van der Waals surface area contributed by atoms with E-state index >= 15 is 0 Å². The summed E-state index contributed by atoms with van der Waals surface area (Å²) < 4.78 is 11.3. The van der Waals surface area contributed by atoms with Gasteiger partial charge in [-0.1, -0.05) is 54.6 Å². The van der Waals surface area contributed by atoms with Gasteiger partial charge in [0.15, 0.2) is 0 Å². The molecule has 0 aliphatic rings. The summed E-state index contributed by atoms with van der Waals surface area (Å²) in [5.74, 6) is -1.47. The molecule has 0 bridgehead atoms. The Morgan fingerprint density at radius 3 is 1.97 bits per heavy atom. The highest BCUT2D eigenvalue weighted by atomic mass is 16.6. The van der Waals surface area contributed by atoms with E-state index in [4.69, 9.17) is 9.47 Å². The fraction of sp³-hybridized carbons (Fsp3) is 0.484. The van der Waals surface area contributed by atoms with Crippen LogP contribution in [0.1, 0.15) is 59.1 Å². The number of alkyl carbamates (subject to hydrolysis) is 1. The van der Waals surface area contributed by atoms with Gasteiger partial charge in [0.05, 0.1) is 18.1 Å². The van der Waals surface area contributed by atoms with Crippen LogP contribution in [0.15, 0.2) is 66.7 Å². The number of carboxylic acids is 1. The molecule has 4 unspecified atom stereocenters. The number of aliphatic carboxylic acids is 1. The molecular formula is C31H43NO7. The Morgan fingerprint density at radius 2 is 1.44 bits per heavy atom. The summed E-state index contributed by atoms with van der Waals surface area (Å²) in [6.45, 7) is 11.2. The van der Waals surface area contributed by atoms with Crippen molar-refractivity contribution in [3.63, 3.8) is 0 Å². The number of carbonyl (C=O) groups is 2. The van der Waals surface area contributed by atoms with Crippen molar-refractivity contribution in [3.8, 4) is 5.75 Å². The van der Waals surface area contributed by atoms with Crippen LogP contribution in [0.2, 0.25) is 0 Å². The van der Waals surface area contributed by atoms with Crippen molar-refractivity contribution in [1.29, 1.82) is 0 Å². The molecule has 8 heteroatoms. The summed E-state index contributed by atoms with van der Waals surface area (Å²) in [7, 11) is 0. The van der Waals surface area contributed by atoms with Crippen LogP contribution in [0.4, 0.5) is 4.79 Å². The second-order valence-electron chi connectivity index (χ2n) is 11.7.